The fraction of sp³-hybridized carbons (Fsp3) is 0.143. The van der Waals surface area contributed by atoms with Gasteiger partial charge in [0, 0.05) is 35.5 Å². The molecule has 2 aromatic carbocycles. The number of aromatic nitrogens is 2. The lowest BCUT2D eigenvalue weighted by molar-refractivity contribution is 0.638. The van der Waals surface area contributed by atoms with Gasteiger partial charge in [0.15, 0.2) is 0 Å². The molecule has 28 heavy (non-hydrogen) atoms. The monoisotopic (exact) mass is 457 g/mol. The second-order valence-corrected chi connectivity index (χ2v) is 8.01. The average Bonchev–Trinajstić information content (AvgIpc) is 2.71. The molecule has 1 unspecified atom stereocenters. The highest BCUT2D eigenvalue weighted by Crippen LogP contribution is 2.37. The third-order valence-electron chi connectivity index (χ3n) is 5.00. The molecule has 1 aromatic heterocycles. The third kappa shape index (κ3) is 3.02. The molecule has 0 saturated heterocycles. The number of fused-ring (bicyclic) bond motifs is 1. The second-order valence-electron chi connectivity index (χ2n) is 6.66. The van der Waals surface area contributed by atoms with Crippen molar-refractivity contribution in [1.29, 1.82) is 0 Å². The first-order valence-corrected chi connectivity index (χ1v) is 9.83. The van der Waals surface area contributed by atoms with Crippen LogP contribution in [0.5, 0.6) is 0 Å². The number of hydrogen-bond acceptors (Lipinski definition) is 3. The summed E-state index contributed by atoms with van der Waals surface area (Å²) in [6.45, 7) is 0. The molecule has 1 atom stereocenters. The first kappa shape index (κ1) is 18.8. The van der Waals surface area contributed by atoms with Gasteiger partial charge in [0.1, 0.15) is 0 Å². The Morgan fingerprint density at radius 1 is 0.929 bits per heavy atom. The van der Waals surface area contributed by atoms with Gasteiger partial charge in [-0.3, -0.25) is 13.9 Å². The summed E-state index contributed by atoms with van der Waals surface area (Å²) in [5.74, 6) is 0. The van der Waals surface area contributed by atoms with Gasteiger partial charge >= 0.3 is 5.69 Å². The van der Waals surface area contributed by atoms with E-state index in [-0.39, 0.29) is 17.3 Å². The van der Waals surface area contributed by atoms with E-state index in [1.807, 2.05) is 53.6 Å². The lowest BCUT2D eigenvalue weighted by atomic mass is 9.93. The summed E-state index contributed by atoms with van der Waals surface area (Å²) in [5, 5.41) is 0.624. The Morgan fingerprint density at radius 2 is 1.57 bits per heavy atom. The van der Waals surface area contributed by atoms with E-state index < -0.39 is 0 Å². The highest BCUT2D eigenvalue weighted by Gasteiger charge is 2.31. The van der Waals surface area contributed by atoms with Crippen LogP contribution in [0.1, 0.15) is 22.9 Å². The van der Waals surface area contributed by atoms with Crippen molar-refractivity contribution in [2.45, 2.75) is 6.04 Å². The Labute approximate surface area is 175 Å². The van der Waals surface area contributed by atoms with E-state index in [4.69, 9.17) is 11.6 Å². The van der Waals surface area contributed by atoms with Gasteiger partial charge in [-0.15, -0.1) is 0 Å². The molecule has 142 valence electrons. The van der Waals surface area contributed by atoms with Crippen LogP contribution >= 0.6 is 27.5 Å². The smallest absolute Gasteiger partial charge is 0.330 e. The van der Waals surface area contributed by atoms with E-state index in [1.165, 1.54) is 11.6 Å². The van der Waals surface area contributed by atoms with Crippen molar-refractivity contribution in [2.75, 3.05) is 4.90 Å². The summed E-state index contributed by atoms with van der Waals surface area (Å²) >= 11 is 9.54. The van der Waals surface area contributed by atoms with Gasteiger partial charge in [0.25, 0.3) is 5.56 Å². The van der Waals surface area contributed by atoms with Gasteiger partial charge in [-0.25, -0.2) is 4.79 Å². The first-order valence-electron chi connectivity index (χ1n) is 8.66. The topological polar surface area (TPSA) is 47.2 Å². The molecule has 5 nitrogen and oxygen atoms in total. The second kappa shape index (κ2) is 7.11. The van der Waals surface area contributed by atoms with Crippen LogP contribution in [0.4, 0.5) is 5.69 Å². The molecule has 0 radical (unpaired) electrons. The first-order chi connectivity index (χ1) is 13.4. The highest BCUT2D eigenvalue weighted by molar-refractivity contribution is 9.10. The lowest BCUT2D eigenvalue weighted by Gasteiger charge is -2.35. The van der Waals surface area contributed by atoms with Gasteiger partial charge in [-0.2, -0.15) is 0 Å². The molecule has 7 heteroatoms. The molecule has 0 spiro atoms. The fourth-order valence-electron chi connectivity index (χ4n) is 3.54. The summed E-state index contributed by atoms with van der Waals surface area (Å²) < 4.78 is 3.63. The largest absolute Gasteiger partial charge is 0.336 e. The molecule has 0 N–H and O–H groups in total. The molecule has 3 aromatic rings. The lowest BCUT2D eigenvalue weighted by Crippen LogP contribution is -2.44. The van der Waals surface area contributed by atoms with E-state index in [0.29, 0.717) is 16.3 Å². The van der Waals surface area contributed by atoms with Gasteiger partial charge < -0.3 is 4.90 Å². The van der Waals surface area contributed by atoms with Crippen molar-refractivity contribution in [1.82, 2.24) is 9.13 Å². The number of benzene rings is 2. The molecular weight excluding hydrogens is 442 g/mol. The molecule has 1 aliphatic rings. The molecule has 0 saturated carbocycles. The maximum Gasteiger partial charge on any atom is 0.330 e. The van der Waals surface area contributed by atoms with E-state index in [9.17, 15) is 9.59 Å². The van der Waals surface area contributed by atoms with E-state index in [0.717, 1.165) is 20.3 Å². The molecule has 1 aliphatic heterocycles. The van der Waals surface area contributed by atoms with Crippen LogP contribution in [0.3, 0.4) is 0 Å². The molecule has 2 heterocycles. The van der Waals surface area contributed by atoms with Crippen LogP contribution in [0.2, 0.25) is 5.02 Å². The van der Waals surface area contributed by atoms with Gasteiger partial charge in [0.05, 0.1) is 17.3 Å². The Kier molecular flexibility index (Phi) is 4.77. The van der Waals surface area contributed by atoms with E-state index in [1.54, 1.807) is 19.2 Å². The van der Waals surface area contributed by atoms with Crippen molar-refractivity contribution >= 4 is 39.3 Å². The molecule has 4 rings (SSSR count). The molecule has 0 fully saturated rings. The van der Waals surface area contributed by atoms with E-state index in [2.05, 4.69) is 15.9 Å². The minimum absolute atomic E-state index is 0.301. The number of anilines is 1. The van der Waals surface area contributed by atoms with Crippen molar-refractivity contribution < 1.29 is 0 Å². The fourth-order valence-corrected chi connectivity index (χ4v) is 3.93. The van der Waals surface area contributed by atoms with Gasteiger partial charge in [-0.1, -0.05) is 39.7 Å². The van der Waals surface area contributed by atoms with Crippen LogP contribution in [0.25, 0.3) is 6.08 Å². The number of nitrogens with zero attached hydrogens (tertiary/aromatic N) is 3. The summed E-state index contributed by atoms with van der Waals surface area (Å²) in [5.41, 5.74) is 2.36. The zero-order valence-electron chi connectivity index (χ0n) is 15.3. The van der Waals surface area contributed by atoms with E-state index >= 15 is 0 Å². The molecule has 0 bridgehead atoms. The van der Waals surface area contributed by atoms with Crippen LogP contribution in [0.15, 0.2) is 68.8 Å². The standard InChI is InChI=1S/C21H17BrClN3O2/c1-24-17-11-12-26(16-9-5-14(22)6-10-16)19(13-3-7-15(23)8-4-13)18(17)20(27)25(2)21(24)28/h3-12,19H,1-2H3. The Balaban J connectivity index is 2.01. The van der Waals surface area contributed by atoms with Crippen molar-refractivity contribution in [3.8, 4) is 0 Å². The predicted octanol–water partition coefficient (Wildman–Crippen LogP) is 4.08. The highest BCUT2D eigenvalue weighted by atomic mass is 79.9. The van der Waals surface area contributed by atoms with Crippen LogP contribution in [-0.2, 0) is 14.1 Å². The van der Waals surface area contributed by atoms with Crippen LogP contribution in [-0.4, -0.2) is 9.13 Å². The van der Waals surface area contributed by atoms with Gasteiger partial charge in [0.2, 0.25) is 0 Å². The molecule has 0 aliphatic carbocycles. The Morgan fingerprint density at radius 3 is 2.21 bits per heavy atom. The quantitative estimate of drug-likeness (QED) is 0.581. The average molecular weight is 459 g/mol. The predicted molar refractivity (Wildman–Crippen MR) is 116 cm³/mol. The minimum atomic E-state index is -0.385. The van der Waals surface area contributed by atoms with Crippen molar-refractivity contribution in [3.05, 3.63) is 102 Å². The zero-order valence-corrected chi connectivity index (χ0v) is 17.6. The maximum absolute atomic E-state index is 13.1. The number of rotatable bonds is 2. The van der Waals surface area contributed by atoms with Crippen LogP contribution < -0.4 is 16.1 Å². The van der Waals surface area contributed by atoms with Crippen LogP contribution in [0, 0.1) is 0 Å². The van der Waals surface area contributed by atoms with Gasteiger partial charge in [-0.05, 0) is 48.0 Å². The maximum atomic E-state index is 13.1. The summed E-state index contributed by atoms with van der Waals surface area (Å²) in [6, 6.07) is 14.9. The van der Waals surface area contributed by atoms with Crippen molar-refractivity contribution in [2.24, 2.45) is 14.1 Å². The molecular formula is C21H17BrClN3O2. The number of hydrogen-bond donors (Lipinski definition) is 0. The summed E-state index contributed by atoms with van der Waals surface area (Å²) in [7, 11) is 3.19. The zero-order chi connectivity index (χ0) is 20.0. The third-order valence-corrected chi connectivity index (χ3v) is 5.78. The summed E-state index contributed by atoms with van der Waals surface area (Å²) in [4.78, 5) is 27.5. The molecule has 0 amide bonds. The minimum Gasteiger partial charge on any atom is -0.336 e. The Bertz CT molecular complexity index is 1190. The number of halogens is 2. The van der Waals surface area contributed by atoms with Crippen molar-refractivity contribution in [3.63, 3.8) is 0 Å². The SMILES string of the molecule is Cn1c2c(c(=O)n(C)c1=O)C(c1ccc(Cl)cc1)N(c1ccc(Br)cc1)C=C2. The normalized spacial score (nSPS) is 15.6. The Hall–Kier alpha value is -2.57. The summed E-state index contributed by atoms with van der Waals surface area (Å²) in [6.07, 6.45) is 3.72.